The van der Waals surface area contributed by atoms with Crippen LogP contribution in [0.1, 0.15) is 86.5 Å². The fourth-order valence-electron chi connectivity index (χ4n) is 4.16. The lowest BCUT2D eigenvalue weighted by atomic mass is 9.72. The molecule has 0 heteroatoms. The number of rotatable bonds is 2. The van der Waals surface area contributed by atoms with E-state index < -0.39 is 0 Å². The average Bonchev–Trinajstić information content (AvgIpc) is 2.51. The largest absolute Gasteiger partial charge is 0.0776 e. The summed E-state index contributed by atoms with van der Waals surface area (Å²) in [6.45, 7) is 9.68. The van der Waals surface area contributed by atoms with E-state index >= 15 is 0 Å². The first-order valence-electron chi connectivity index (χ1n) is 7.72. The molecule has 0 N–H and O–H groups in total. The molecular weight excluding hydrogens is 216 g/mol. The molecule has 18 heavy (non-hydrogen) atoms. The van der Waals surface area contributed by atoms with Gasteiger partial charge in [0.25, 0.3) is 0 Å². The van der Waals surface area contributed by atoms with Crippen molar-refractivity contribution < 1.29 is 0 Å². The Kier molecular flexibility index (Phi) is 5.49. The van der Waals surface area contributed by atoms with Crippen LogP contribution in [-0.4, -0.2) is 0 Å². The van der Waals surface area contributed by atoms with E-state index in [4.69, 9.17) is 0 Å². The van der Waals surface area contributed by atoms with Crippen LogP contribution in [-0.2, 0) is 0 Å². The monoisotopic (exact) mass is 250 g/mol. The van der Waals surface area contributed by atoms with Crippen molar-refractivity contribution in [3.05, 3.63) is 11.1 Å². The molecule has 0 nitrogen and oxygen atoms in total. The fourth-order valence-corrected chi connectivity index (χ4v) is 4.16. The third-order valence-electron chi connectivity index (χ3n) is 5.21. The van der Waals surface area contributed by atoms with Crippen LogP contribution in [0.4, 0.5) is 0 Å². The normalized spacial score (nSPS) is 31.3. The zero-order valence-electron chi connectivity index (χ0n) is 12.3. The highest BCUT2D eigenvalue weighted by molar-refractivity contribution is 5.23. The molecule has 2 unspecified atom stereocenters. The van der Waals surface area contributed by atoms with Gasteiger partial charge in [0.15, 0.2) is 0 Å². The number of allylic oxidation sites excluding steroid dienone is 2. The van der Waals surface area contributed by atoms with E-state index in [1.165, 1.54) is 51.4 Å². The van der Waals surface area contributed by atoms with Crippen molar-refractivity contribution in [2.75, 3.05) is 0 Å². The van der Waals surface area contributed by atoms with Gasteiger partial charge in [-0.2, -0.15) is 0 Å². The summed E-state index contributed by atoms with van der Waals surface area (Å²) in [4.78, 5) is 0. The summed E-state index contributed by atoms with van der Waals surface area (Å²) in [5, 5.41) is 0. The van der Waals surface area contributed by atoms with Crippen LogP contribution < -0.4 is 0 Å². The predicted octanol–water partition coefficient (Wildman–Crippen LogP) is 6.37. The zero-order chi connectivity index (χ0) is 12.5. The minimum atomic E-state index is 0. The molecule has 0 aromatic carbocycles. The molecule has 2 rings (SSSR count). The Morgan fingerprint density at radius 2 is 1.89 bits per heavy atom. The number of hydrogen-bond acceptors (Lipinski definition) is 0. The van der Waals surface area contributed by atoms with E-state index in [0.29, 0.717) is 5.41 Å². The van der Waals surface area contributed by atoms with Crippen molar-refractivity contribution in [2.24, 2.45) is 17.3 Å². The summed E-state index contributed by atoms with van der Waals surface area (Å²) in [5.41, 5.74) is 4.20. The molecule has 0 aliphatic heterocycles. The first kappa shape index (κ1) is 15.8. The summed E-state index contributed by atoms with van der Waals surface area (Å²) in [6.07, 6.45) is 11.4. The quantitative estimate of drug-likeness (QED) is 0.500. The van der Waals surface area contributed by atoms with Crippen LogP contribution in [0.25, 0.3) is 0 Å². The number of fused-ring (bicyclic) bond motifs is 1. The zero-order valence-corrected chi connectivity index (χ0v) is 12.3. The molecule has 0 saturated heterocycles. The summed E-state index contributed by atoms with van der Waals surface area (Å²) in [7, 11) is 0. The van der Waals surface area contributed by atoms with Gasteiger partial charge in [0.1, 0.15) is 0 Å². The smallest absolute Gasteiger partial charge is 0.0169 e. The topological polar surface area (TPSA) is 0 Å². The van der Waals surface area contributed by atoms with Crippen LogP contribution in [0.15, 0.2) is 11.1 Å². The van der Waals surface area contributed by atoms with Gasteiger partial charge in [0.2, 0.25) is 0 Å². The fraction of sp³-hybridized carbons (Fsp3) is 0.889. The van der Waals surface area contributed by atoms with Crippen molar-refractivity contribution in [1.29, 1.82) is 0 Å². The van der Waals surface area contributed by atoms with Gasteiger partial charge < -0.3 is 0 Å². The summed E-state index contributed by atoms with van der Waals surface area (Å²) < 4.78 is 0. The predicted molar refractivity (Wildman–Crippen MR) is 82.8 cm³/mol. The maximum absolute atomic E-state index is 2.47. The van der Waals surface area contributed by atoms with Gasteiger partial charge in [-0.3, -0.25) is 0 Å². The van der Waals surface area contributed by atoms with Crippen molar-refractivity contribution in [2.45, 2.75) is 86.5 Å². The second kappa shape index (κ2) is 6.26. The van der Waals surface area contributed by atoms with Crippen molar-refractivity contribution in [1.82, 2.24) is 0 Å². The van der Waals surface area contributed by atoms with E-state index in [9.17, 15) is 0 Å². The van der Waals surface area contributed by atoms with E-state index in [2.05, 4.69) is 27.7 Å². The maximum atomic E-state index is 2.47. The molecule has 0 heterocycles. The maximum Gasteiger partial charge on any atom is -0.0169 e. The minimum Gasteiger partial charge on any atom is -0.0776 e. The third kappa shape index (κ3) is 3.39. The summed E-state index contributed by atoms with van der Waals surface area (Å²) in [5.74, 6) is 1.96. The molecule has 1 fully saturated rings. The number of hydrogen-bond donors (Lipinski definition) is 0. The van der Waals surface area contributed by atoms with Crippen LogP contribution >= 0.6 is 0 Å². The molecule has 1 saturated carbocycles. The van der Waals surface area contributed by atoms with Gasteiger partial charge in [-0.05, 0) is 62.7 Å². The standard InChI is InChI=1S/C17H30.CH4/c1-5-7-15-13(2)12-14-8-6-10-17(3,4)11-9-16(14)15;/h14,16H,5-12H2,1-4H3;1H4. The average molecular weight is 250 g/mol. The summed E-state index contributed by atoms with van der Waals surface area (Å²) >= 11 is 0. The Morgan fingerprint density at radius 3 is 2.56 bits per heavy atom. The minimum absolute atomic E-state index is 0. The highest BCUT2D eigenvalue weighted by Gasteiger charge is 2.35. The molecule has 2 atom stereocenters. The van der Waals surface area contributed by atoms with E-state index in [1.54, 1.807) is 5.57 Å². The van der Waals surface area contributed by atoms with Gasteiger partial charge in [-0.15, -0.1) is 0 Å². The van der Waals surface area contributed by atoms with E-state index in [1.807, 2.05) is 5.57 Å². The Bertz CT molecular complexity index is 295. The molecular formula is C18H34. The lowest BCUT2D eigenvalue weighted by Gasteiger charge is -2.33. The second-order valence-corrected chi connectivity index (χ2v) is 7.22. The third-order valence-corrected chi connectivity index (χ3v) is 5.21. The van der Waals surface area contributed by atoms with E-state index in [-0.39, 0.29) is 7.43 Å². The molecule has 106 valence electrons. The lowest BCUT2D eigenvalue weighted by molar-refractivity contribution is 0.207. The van der Waals surface area contributed by atoms with Gasteiger partial charge in [0.05, 0.1) is 0 Å². The Balaban J connectivity index is 0.00000162. The van der Waals surface area contributed by atoms with Crippen molar-refractivity contribution in [3.63, 3.8) is 0 Å². The second-order valence-electron chi connectivity index (χ2n) is 7.22. The molecule has 2 aliphatic carbocycles. The highest BCUT2D eigenvalue weighted by atomic mass is 14.4. The van der Waals surface area contributed by atoms with Gasteiger partial charge in [-0.25, -0.2) is 0 Å². The Morgan fingerprint density at radius 1 is 1.17 bits per heavy atom. The van der Waals surface area contributed by atoms with Crippen LogP contribution in [0, 0.1) is 17.3 Å². The Labute approximate surface area is 115 Å². The van der Waals surface area contributed by atoms with Gasteiger partial charge in [0, 0.05) is 0 Å². The van der Waals surface area contributed by atoms with Crippen LogP contribution in [0.3, 0.4) is 0 Å². The molecule has 0 bridgehead atoms. The van der Waals surface area contributed by atoms with Gasteiger partial charge >= 0.3 is 0 Å². The van der Waals surface area contributed by atoms with Gasteiger partial charge in [-0.1, -0.05) is 52.2 Å². The SMILES string of the molecule is C.CCCC1=C(C)CC2CCCC(C)(C)CCC12. The first-order chi connectivity index (χ1) is 8.03. The summed E-state index contributed by atoms with van der Waals surface area (Å²) in [6, 6.07) is 0. The molecule has 2 aliphatic rings. The van der Waals surface area contributed by atoms with E-state index in [0.717, 1.165) is 11.8 Å². The Hall–Kier alpha value is -0.260. The lowest BCUT2D eigenvalue weighted by Crippen LogP contribution is -2.21. The molecule has 0 aromatic heterocycles. The molecule has 0 radical (unpaired) electrons. The highest BCUT2D eigenvalue weighted by Crippen LogP contribution is 2.48. The van der Waals surface area contributed by atoms with Crippen molar-refractivity contribution >= 4 is 0 Å². The van der Waals surface area contributed by atoms with Crippen LogP contribution in [0.2, 0.25) is 0 Å². The molecule has 0 amide bonds. The first-order valence-corrected chi connectivity index (χ1v) is 7.72. The van der Waals surface area contributed by atoms with Crippen LogP contribution in [0.5, 0.6) is 0 Å². The molecule has 0 aromatic rings. The van der Waals surface area contributed by atoms with Crippen molar-refractivity contribution in [3.8, 4) is 0 Å². The molecule has 0 spiro atoms.